The van der Waals surface area contributed by atoms with Gasteiger partial charge in [0.05, 0.1) is 26.4 Å². The lowest BCUT2D eigenvalue weighted by atomic mass is 10.0. The van der Waals surface area contributed by atoms with Crippen molar-refractivity contribution in [3.8, 4) is 0 Å². The molecule has 1 amide bonds. The Morgan fingerprint density at radius 3 is 1.25 bits per heavy atom. The lowest BCUT2D eigenvalue weighted by Crippen LogP contribution is -2.32. The lowest BCUT2D eigenvalue weighted by molar-refractivity contribution is -0.144. The number of carbonyl (C=O) groups is 3. The van der Waals surface area contributed by atoms with Gasteiger partial charge in [-0.2, -0.15) is 0 Å². The maximum Gasteiger partial charge on any atom is 0.407 e. The van der Waals surface area contributed by atoms with Crippen molar-refractivity contribution in [2.24, 2.45) is 0 Å². The molecule has 0 unspecified atom stereocenters. The molecule has 0 aromatic rings. The first-order valence-corrected chi connectivity index (χ1v) is 26.7. The van der Waals surface area contributed by atoms with Crippen molar-refractivity contribution >= 4 is 18.0 Å². The summed E-state index contributed by atoms with van der Waals surface area (Å²) < 4.78 is 22.4. The number of hydrogen-bond acceptors (Lipinski definition) is 8. The molecule has 9 heteroatoms. The number of nitrogens with zero attached hydrogens (tertiary/aromatic N) is 1. The van der Waals surface area contributed by atoms with Crippen molar-refractivity contribution in [2.45, 2.75) is 251 Å². The summed E-state index contributed by atoms with van der Waals surface area (Å²) in [5, 5.41) is 2.82. The second kappa shape index (κ2) is 50.6. The Morgan fingerprint density at radius 2 is 0.841 bits per heavy atom. The number of allylic oxidation sites excluding steroid dienone is 4. The van der Waals surface area contributed by atoms with Gasteiger partial charge in [0.1, 0.15) is 6.10 Å². The van der Waals surface area contributed by atoms with Crippen molar-refractivity contribution < 1.29 is 33.3 Å². The van der Waals surface area contributed by atoms with E-state index in [9.17, 15) is 14.4 Å². The number of esters is 2. The van der Waals surface area contributed by atoms with Crippen LogP contribution in [0.2, 0.25) is 0 Å². The first kappa shape index (κ1) is 60.6. The minimum absolute atomic E-state index is 0.0926. The maximum atomic E-state index is 12.6. The average molecular weight is 891 g/mol. The highest BCUT2D eigenvalue weighted by Gasteiger charge is 2.15. The lowest BCUT2D eigenvalue weighted by Gasteiger charge is -2.18. The molecule has 0 radical (unpaired) electrons. The van der Waals surface area contributed by atoms with E-state index in [0.717, 1.165) is 83.6 Å². The van der Waals surface area contributed by atoms with Crippen LogP contribution in [0.4, 0.5) is 4.79 Å². The first-order chi connectivity index (χ1) is 30.9. The van der Waals surface area contributed by atoms with E-state index in [-0.39, 0.29) is 18.0 Å². The number of hydrogen-bond donors (Lipinski definition) is 1. The van der Waals surface area contributed by atoms with E-state index in [2.05, 4.69) is 48.4 Å². The van der Waals surface area contributed by atoms with Gasteiger partial charge in [-0.15, -0.1) is 0 Å². The molecule has 0 saturated carbocycles. The Hall–Kier alpha value is -2.39. The molecular formula is C54H102N2O7. The standard InChI is InChI=1S/C54H102N2O7/c1-5-7-9-11-13-15-17-19-21-23-25-27-29-31-37-43-52(57)61-47-39-33-35-41-51(63-54(59)55-45-49-60-50-46-56(3)4)42-36-34-40-48-62-53(58)44-38-32-30-28-26-24-22-20-18-16-14-12-10-8-6-2/h19-22,51H,5-18,23-50H2,1-4H3,(H,55,59)/b21-19-,22-20-. The molecule has 0 aromatic heterocycles. The van der Waals surface area contributed by atoms with Gasteiger partial charge in [-0.25, -0.2) is 4.79 Å². The van der Waals surface area contributed by atoms with Crippen LogP contribution in [0.15, 0.2) is 24.3 Å². The van der Waals surface area contributed by atoms with Crippen LogP contribution >= 0.6 is 0 Å². The summed E-state index contributed by atoms with van der Waals surface area (Å²) in [7, 11) is 4.00. The van der Waals surface area contributed by atoms with Gasteiger partial charge in [0.15, 0.2) is 0 Å². The molecule has 0 saturated heterocycles. The molecule has 0 bridgehead atoms. The third-order valence-corrected chi connectivity index (χ3v) is 11.6. The van der Waals surface area contributed by atoms with Gasteiger partial charge in [0.2, 0.25) is 0 Å². The van der Waals surface area contributed by atoms with Crippen molar-refractivity contribution in [1.82, 2.24) is 10.2 Å². The fraction of sp³-hybridized carbons (Fsp3) is 0.870. The number of likely N-dealkylation sites (N-methyl/N-ethyl adjacent to an activating group) is 1. The number of ether oxygens (including phenoxy) is 4. The zero-order chi connectivity index (χ0) is 45.9. The average Bonchev–Trinajstić information content (AvgIpc) is 3.26. The molecule has 0 atom stereocenters. The van der Waals surface area contributed by atoms with Crippen LogP contribution in [0.25, 0.3) is 0 Å². The van der Waals surface area contributed by atoms with E-state index < -0.39 is 6.09 Å². The summed E-state index contributed by atoms with van der Waals surface area (Å²) in [4.78, 5) is 39.2. The first-order valence-electron chi connectivity index (χ1n) is 26.7. The van der Waals surface area contributed by atoms with Crippen LogP contribution in [0.1, 0.15) is 245 Å². The Kier molecular flexibility index (Phi) is 48.7. The summed E-state index contributed by atoms with van der Waals surface area (Å²) in [6.45, 7) is 7.72. The van der Waals surface area contributed by atoms with Crippen LogP contribution in [0.3, 0.4) is 0 Å². The van der Waals surface area contributed by atoms with E-state index in [1.165, 1.54) is 141 Å². The zero-order valence-corrected chi connectivity index (χ0v) is 41.9. The highest BCUT2D eigenvalue weighted by Crippen LogP contribution is 2.16. The summed E-state index contributed by atoms with van der Waals surface area (Å²) in [6, 6.07) is 0. The van der Waals surface area contributed by atoms with Crippen LogP contribution in [0, 0.1) is 0 Å². The minimum atomic E-state index is -0.412. The number of amides is 1. The predicted molar refractivity (Wildman–Crippen MR) is 265 cm³/mol. The molecule has 0 aromatic carbocycles. The second-order valence-electron chi connectivity index (χ2n) is 18.2. The Bertz CT molecular complexity index is 985. The van der Waals surface area contributed by atoms with Gasteiger partial charge < -0.3 is 29.2 Å². The molecule has 63 heavy (non-hydrogen) atoms. The monoisotopic (exact) mass is 891 g/mol. The highest BCUT2D eigenvalue weighted by atomic mass is 16.6. The van der Waals surface area contributed by atoms with Gasteiger partial charge in [-0.1, -0.05) is 141 Å². The van der Waals surface area contributed by atoms with Crippen molar-refractivity contribution in [3.05, 3.63) is 24.3 Å². The molecule has 0 spiro atoms. The minimum Gasteiger partial charge on any atom is -0.466 e. The molecule has 0 aliphatic rings. The number of rotatable bonds is 49. The maximum absolute atomic E-state index is 12.6. The van der Waals surface area contributed by atoms with Gasteiger partial charge in [0, 0.05) is 25.9 Å². The van der Waals surface area contributed by atoms with Crippen LogP contribution < -0.4 is 5.32 Å². The normalized spacial score (nSPS) is 11.7. The summed E-state index contributed by atoms with van der Waals surface area (Å²) in [6.07, 6.45) is 48.9. The van der Waals surface area contributed by atoms with Gasteiger partial charge in [-0.05, 0) is 130 Å². The van der Waals surface area contributed by atoms with E-state index >= 15 is 0 Å². The molecule has 0 aliphatic heterocycles. The fourth-order valence-electron chi connectivity index (χ4n) is 7.53. The summed E-state index contributed by atoms with van der Waals surface area (Å²) in [5.74, 6) is -0.185. The number of alkyl carbamates (subject to hydrolysis) is 1. The Morgan fingerprint density at radius 1 is 0.460 bits per heavy atom. The van der Waals surface area contributed by atoms with Gasteiger partial charge >= 0.3 is 18.0 Å². The van der Waals surface area contributed by atoms with E-state index in [1.54, 1.807) is 0 Å². The molecule has 370 valence electrons. The highest BCUT2D eigenvalue weighted by molar-refractivity contribution is 5.69. The SMILES string of the molecule is CCCCCCCC/C=C\CCCCCCCC(=O)OCCCCCC(CCCCCOC(=O)CCCCCCC/C=C\CCCCCCCC)OC(=O)NCCOCCN(C)C. The third kappa shape index (κ3) is 50.5. The molecule has 0 fully saturated rings. The van der Waals surface area contributed by atoms with Crippen molar-refractivity contribution in [2.75, 3.05) is 53.6 Å². The van der Waals surface area contributed by atoms with Gasteiger partial charge in [0.25, 0.3) is 0 Å². The molecule has 0 rings (SSSR count). The molecule has 0 aliphatic carbocycles. The summed E-state index contributed by atoms with van der Waals surface area (Å²) >= 11 is 0. The summed E-state index contributed by atoms with van der Waals surface area (Å²) in [5.41, 5.74) is 0. The fourth-order valence-corrected chi connectivity index (χ4v) is 7.53. The van der Waals surface area contributed by atoms with Crippen molar-refractivity contribution in [3.63, 3.8) is 0 Å². The van der Waals surface area contributed by atoms with Crippen LogP contribution in [-0.4, -0.2) is 82.6 Å². The number of nitrogens with one attached hydrogen (secondary N) is 1. The second-order valence-corrected chi connectivity index (χ2v) is 18.2. The van der Waals surface area contributed by atoms with E-state index in [0.29, 0.717) is 45.8 Å². The van der Waals surface area contributed by atoms with Crippen LogP contribution in [-0.2, 0) is 28.5 Å². The topological polar surface area (TPSA) is 103 Å². The van der Waals surface area contributed by atoms with E-state index in [1.807, 2.05) is 14.1 Å². The largest absolute Gasteiger partial charge is 0.466 e. The number of carbonyl (C=O) groups excluding carboxylic acids is 3. The van der Waals surface area contributed by atoms with Crippen molar-refractivity contribution in [1.29, 1.82) is 0 Å². The Labute approximate surface area is 389 Å². The smallest absolute Gasteiger partial charge is 0.407 e. The van der Waals surface area contributed by atoms with Crippen LogP contribution in [0.5, 0.6) is 0 Å². The van der Waals surface area contributed by atoms with E-state index in [4.69, 9.17) is 18.9 Å². The molecule has 0 heterocycles. The molecular weight excluding hydrogens is 789 g/mol. The third-order valence-electron chi connectivity index (χ3n) is 11.6. The van der Waals surface area contributed by atoms with Gasteiger partial charge in [-0.3, -0.25) is 9.59 Å². The predicted octanol–water partition coefficient (Wildman–Crippen LogP) is 14.9. The quantitative estimate of drug-likeness (QED) is 0.0279. The molecule has 9 nitrogen and oxygen atoms in total. The zero-order valence-electron chi connectivity index (χ0n) is 41.9. The number of unbranched alkanes of at least 4 members (excludes halogenated alkanes) is 26. The Balaban J connectivity index is 4.11. The molecule has 1 N–H and O–H groups in total.